The molecule has 0 spiro atoms. The molecule has 26 heavy (non-hydrogen) atoms. The zero-order valence-corrected chi connectivity index (χ0v) is 16.6. The molecule has 6 nitrogen and oxygen atoms in total. The summed E-state index contributed by atoms with van der Waals surface area (Å²) >= 11 is 9.10. The van der Waals surface area contributed by atoms with Crippen molar-refractivity contribution in [1.29, 1.82) is 0 Å². The van der Waals surface area contributed by atoms with Crippen LogP contribution in [0.25, 0.3) is 0 Å². The van der Waals surface area contributed by atoms with Gasteiger partial charge in [0.1, 0.15) is 10.0 Å². The fourth-order valence-electron chi connectivity index (χ4n) is 2.26. The Balaban J connectivity index is 1.99. The summed E-state index contributed by atoms with van der Waals surface area (Å²) in [4.78, 5) is 12.4. The van der Waals surface area contributed by atoms with Crippen molar-refractivity contribution < 1.29 is 8.42 Å². The normalized spacial score (nSPS) is 11.7. The molecular formula is C17H14BrClN4O2S. The first-order valence-corrected chi connectivity index (χ1v) is 10.2. The Hall–Kier alpha value is -1.87. The zero-order chi connectivity index (χ0) is 18.6. The van der Waals surface area contributed by atoms with E-state index in [9.17, 15) is 8.42 Å². The van der Waals surface area contributed by atoms with Crippen molar-refractivity contribution in [2.24, 2.45) is 0 Å². The smallest absolute Gasteiger partial charge is 0.245 e. The van der Waals surface area contributed by atoms with E-state index in [0.29, 0.717) is 15.9 Å². The molecule has 0 saturated carbocycles. The number of sulfonamides is 1. The minimum absolute atomic E-state index is 0.0423. The Morgan fingerprint density at radius 3 is 2.00 bits per heavy atom. The van der Waals surface area contributed by atoms with Crippen molar-refractivity contribution in [3.05, 3.63) is 82.1 Å². The summed E-state index contributed by atoms with van der Waals surface area (Å²) in [5.74, 6) is 0. The molecule has 3 heterocycles. The number of pyridine rings is 3. The number of nitrogens with zero attached hydrogens (tertiary/aromatic N) is 4. The van der Waals surface area contributed by atoms with Gasteiger partial charge in [0.05, 0.1) is 29.0 Å². The molecule has 0 amide bonds. The van der Waals surface area contributed by atoms with Crippen LogP contribution in [0.2, 0.25) is 5.15 Å². The van der Waals surface area contributed by atoms with Crippen LogP contribution in [0.3, 0.4) is 0 Å². The van der Waals surface area contributed by atoms with Gasteiger partial charge in [0.25, 0.3) is 0 Å². The minimum Gasteiger partial charge on any atom is -0.260 e. The van der Waals surface area contributed by atoms with Gasteiger partial charge in [-0.05, 0) is 46.3 Å². The average Bonchev–Trinajstić information content (AvgIpc) is 2.65. The Morgan fingerprint density at radius 1 is 0.962 bits per heavy atom. The molecule has 134 valence electrons. The summed E-state index contributed by atoms with van der Waals surface area (Å²) in [5, 5.41) is 0.199. The third-order valence-corrected chi connectivity index (χ3v) is 6.43. The van der Waals surface area contributed by atoms with Crippen LogP contribution < -0.4 is 0 Å². The van der Waals surface area contributed by atoms with Gasteiger partial charge in [0.2, 0.25) is 10.0 Å². The van der Waals surface area contributed by atoms with Crippen LogP contribution in [0.15, 0.2) is 70.4 Å². The van der Waals surface area contributed by atoms with Gasteiger partial charge < -0.3 is 0 Å². The maximum atomic E-state index is 13.2. The van der Waals surface area contributed by atoms with Gasteiger partial charge in [-0.1, -0.05) is 23.7 Å². The first-order valence-electron chi connectivity index (χ1n) is 7.58. The fourth-order valence-corrected chi connectivity index (χ4v) is 4.22. The lowest BCUT2D eigenvalue weighted by atomic mass is 10.3. The van der Waals surface area contributed by atoms with E-state index in [4.69, 9.17) is 11.6 Å². The molecule has 0 unspecified atom stereocenters. The van der Waals surface area contributed by atoms with Gasteiger partial charge in [0, 0.05) is 18.6 Å². The molecule has 0 atom stereocenters. The Morgan fingerprint density at radius 2 is 1.54 bits per heavy atom. The third kappa shape index (κ3) is 4.45. The molecule has 0 aliphatic rings. The third-order valence-electron chi connectivity index (χ3n) is 3.54. The van der Waals surface area contributed by atoms with Crippen molar-refractivity contribution in [1.82, 2.24) is 19.3 Å². The highest BCUT2D eigenvalue weighted by Crippen LogP contribution is 2.26. The highest BCUT2D eigenvalue weighted by Gasteiger charge is 2.27. The summed E-state index contributed by atoms with van der Waals surface area (Å²) in [6.45, 7) is 0.222. The Labute approximate surface area is 165 Å². The van der Waals surface area contributed by atoms with Gasteiger partial charge in [0.15, 0.2) is 0 Å². The summed E-state index contributed by atoms with van der Waals surface area (Å²) in [5.41, 5.74) is 1.26. The number of rotatable bonds is 6. The molecule has 0 saturated heterocycles. The lowest BCUT2D eigenvalue weighted by Crippen LogP contribution is -2.31. The van der Waals surface area contributed by atoms with E-state index in [1.165, 1.54) is 16.6 Å². The molecule has 9 heteroatoms. The maximum absolute atomic E-state index is 13.2. The summed E-state index contributed by atoms with van der Waals surface area (Å²) in [6, 6.07) is 12.2. The van der Waals surface area contributed by atoms with Crippen LogP contribution >= 0.6 is 27.5 Å². The standard InChI is InChI=1S/C17H14BrClN4O2S/c18-16-9-15(10-22-17(16)19)26(24,25)23(11-13-5-1-3-7-20-13)12-14-6-2-4-8-21-14/h1-10H,11-12H2. The van der Waals surface area contributed by atoms with Crippen molar-refractivity contribution in [2.75, 3.05) is 0 Å². The van der Waals surface area contributed by atoms with Crippen LogP contribution in [-0.4, -0.2) is 27.7 Å². The Kier molecular flexibility index (Phi) is 5.98. The number of hydrogen-bond donors (Lipinski definition) is 0. The molecule has 0 radical (unpaired) electrons. The SMILES string of the molecule is O=S(=O)(c1cnc(Cl)c(Br)c1)N(Cc1ccccn1)Cc1ccccn1. The second-order valence-corrected chi connectivity index (χ2v) is 8.51. The van der Waals surface area contributed by atoms with Crippen molar-refractivity contribution in [3.63, 3.8) is 0 Å². The fraction of sp³-hybridized carbons (Fsp3) is 0.118. The molecule has 0 aliphatic heterocycles. The molecule has 0 aliphatic carbocycles. The maximum Gasteiger partial charge on any atom is 0.245 e. The highest BCUT2D eigenvalue weighted by atomic mass is 79.9. The van der Waals surface area contributed by atoms with E-state index >= 15 is 0 Å². The van der Waals surface area contributed by atoms with E-state index in [-0.39, 0.29) is 23.1 Å². The molecule has 3 rings (SSSR count). The van der Waals surface area contributed by atoms with Gasteiger partial charge in [-0.3, -0.25) is 9.97 Å². The first-order chi connectivity index (χ1) is 12.5. The molecule has 3 aromatic heterocycles. The monoisotopic (exact) mass is 452 g/mol. The minimum atomic E-state index is -3.83. The van der Waals surface area contributed by atoms with E-state index in [1.807, 2.05) is 12.1 Å². The average molecular weight is 454 g/mol. The molecular weight excluding hydrogens is 440 g/mol. The largest absolute Gasteiger partial charge is 0.260 e. The van der Waals surface area contributed by atoms with Crippen LogP contribution in [0.4, 0.5) is 0 Å². The highest BCUT2D eigenvalue weighted by molar-refractivity contribution is 9.10. The van der Waals surface area contributed by atoms with Gasteiger partial charge >= 0.3 is 0 Å². The zero-order valence-electron chi connectivity index (χ0n) is 13.5. The molecule has 3 aromatic rings. The van der Waals surface area contributed by atoms with Crippen LogP contribution in [0.1, 0.15) is 11.4 Å². The topological polar surface area (TPSA) is 76.1 Å². The van der Waals surface area contributed by atoms with E-state index in [0.717, 1.165) is 0 Å². The van der Waals surface area contributed by atoms with Crippen molar-refractivity contribution in [2.45, 2.75) is 18.0 Å². The van der Waals surface area contributed by atoms with Gasteiger partial charge in [-0.15, -0.1) is 0 Å². The quantitative estimate of drug-likeness (QED) is 0.532. The molecule has 0 fully saturated rings. The van der Waals surface area contributed by atoms with Crippen LogP contribution in [0, 0.1) is 0 Å². The van der Waals surface area contributed by atoms with E-state index in [2.05, 4.69) is 30.9 Å². The first kappa shape index (κ1) is 18.9. The second kappa shape index (κ2) is 8.22. The lowest BCUT2D eigenvalue weighted by Gasteiger charge is -2.21. The number of aromatic nitrogens is 3. The van der Waals surface area contributed by atoms with Crippen LogP contribution in [-0.2, 0) is 23.1 Å². The summed E-state index contributed by atoms with van der Waals surface area (Å²) < 4.78 is 28.1. The summed E-state index contributed by atoms with van der Waals surface area (Å²) in [6.07, 6.45) is 4.49. The number of halogens is 2. The predicted octanol–water partition coefficient (Wildman–Crippen LogP) is 3.68. The lowest BCUT2D eigenvalue weighted by molar-refractivity contribution is 0.392. The Bertz CT molecular complexity index is 947. The molecule has 0 bridgehead atoms. The predicted molar refractivity (Wildman–Crippen MR) is 102 cm³/mol. The molecule has 0 N–H and O–H groups in total. The second-order valence-electron chi connectivity index (χ2n) is 5.36. The van der Waals surface area contributed by atoms with Crippen LogP contribution in [0.5, 0.6) is 0 Å². The van der Waals surface area contributed by atoms with Gasteiger partial charge in [-0.25, -0.2) is 13.4 Å². The van der Waals surface area contributed by atoms with Gasteiger partial charge in [-0.2, -0.15) is 4.31 Å². The molecule has 0 aromatic carbocycles. The summed E-state index contributed by atoms with van der Waals surface area (Å²) in [7, 11) is -3.83. The van der Waals surface area contributed by atoms with E-state index in [1.54, 1.807) is 36.7 Å². The van der Waals surface area contributed by atoms with E-state index < -0.39 is 10.0 Å². The number of hydrogen-bond acceptors (Lipinski definition) is 5. The van der Waals surface area contributed by atoms with Crippen molar-refractivity contribution in [3.8, 4) is 0 Å². The van der Waals surface area contributed by atoms with Crippen molar-refractivity contribution >= 4 is 37.6 Å².